The van der Waals surface area contributed by atoms with E-state index in [0.717, 1.165) is 18.2 Å². The predicted octanol–water partition coefficient (Wildman–Crippen LogP) is 4.40. The van der Waals surface area contributed by atoms with Gasteiger partial charge in [-0.05, 0) is 42.2 Å². The molecule has 8 nitrogen and oxygen atoms in total. The van der Waals surface area contributed by atoms with E-state index in [2.05, 4.69) is 10.1 Å². The third-order valence-corrected chi connectivity index (χ3v) is 7.06. The maximum Gasteiger partial charge on any atom is 0.271 e. The average Bonchev–Trinajstić information content (AvgIpc) is 3.55. The van der Waals surface area contributed by atoms with Gasteiger partial charge in [0.25, 0.3) is 11.5 Å². The first-order valence-corrected chi connectivity index (χ1v) is 12.5. The predicted molar refractivity (Wildman–Crippen MR) is 137 cm³/mol. The van der Waals surface area contributed by atoms with Gasteiger partial charge in [0.05, 0.1) is 17.8 Å². The number of amides is 1. The number of carbonyl (C=O) groups excluding carboxylic acids is 1. The lowest BCUT2D eigenvalue weighted by Gasteiger charge is -2.24. The molecule has 2 aromatic carbocycles. The molecule has 2 atom stereocenters. The first-order chi connectivity index (χ1) is 18.7. The van der Waals surface area contributed by atoms with E-state index in [1.807, 2.05) is 0 Å². The summed E-state index contributed by atoms with van der Waals surface area (Å²) in [5, 5.41) is 15.0. The highest BCUT2D eigenvalue weighted by atomic mass is 19.1. The number of hydrogen-bond acceptors (Lipinski definition) is 5. The van der Waals surface area contributed by atoms with Crippen LogP contribution in [-0.4, -0.2) is 48.3 Å². The van der Waals surface area contributed by atoms with Crippen molar-refractivity contribution in [3.8, 4) is 17.3 Å². The number of benzene rings is 2. The molecule has 5 rings (SSSR count). The summed E-state index contributed by atoms with van der Waals surface area (Å²) in [5.41, 5.74) is -0.433. The van der Waals surface area contributed by atoms with Crippen molar-refractivity contribution in [1.29, 1.82) is 0 Å². The molecule has 0 radical (unpaired) electrons. The summed E-state index contributed by atoms with van der Waals surface area (Å²) < 4.78 is 45.3. The van der Waals surface area contributed by atoms with Gasteiger partial charge < -0.3 is 10.0 Å². The van der Waals surface area contributed by atoms with Crippen molar-refractivity contribution in [3.63, 3.8) is 0 Å². The van der Waals surface area contributed by atoms with Crippen LogP contribution in [-0.2, 0) is 7.05 Å². The van der Waals surface area contributed by atoms with Crippen molar-refractivity contribution in [1.82, 2.24) is 24.2 Å². The molecule has 1 aliphatic rings. The van der Waals surface area contributed by atoms with Crippen LogP contribution in [0.1, 0.15) is 53.2 Å². The lowest BCUT2D eigenvalue weighted by atomic mass is 9.98. The molecule has 1 N–H and O–H groups in total. The van der Waals surface area contributed by atoms with Crippen LogP contribution in [0.25, 0.3) is 11.4 Å². The van der Waals surface area contributed by atoms with Gasteiger partial charge >= 0.3 is 0 Å². The van der Waals surface area contributed by atoms with Gasteiger partial charge in [0.15, 0.2) is 11.4 Å². The highest BCUT2D eigenvalue weighted by Gasteiger charge is 2.34. The first-order valence-electron chi connectivity index (χ1n) is 12.5. The average molecular weight is 538 g/mol. The molecule has 3 heterocycles. The minimum atomic E-state index is -0.915. The molecule has 11 heteroatoms. The number of nitrogens with zero attached hydrogens (tertiary/aromatic N) is 5. The molecule has 202 valence electrons. The quantitative estimate of drug-likeness (QED) is 0.394. The molecule has 0 saturated carbocycles. The maximum absolute atomic E-state index is 14.4. The summed E-state index contributed by atoms with van der Waals surface area (Å²) in [6.45, 7) is 2.11. The molecule has 0 spiro atoms. The van der Waals surface area contributed by atoms with Gasteiger partial charge in [0.2, 0.25) is 5.88 Å². The van der Waals surface area contributed by atoms with Crippen LogP contribution in [0.15, 0.2) is 59.7 Å². The van der Waals surface area contributed by atoms with Gasteiger partial charge in [-0.1, -0.05) is 25.1 Å². The Labute approximate surface area is 222 Å². The maximum atomic E-state index is 14.4. The molecule has 1 aliphatic heterocycles. The van der Waals surface area contributed by atoms with Crippen LogP contribution >= 0.6 is 0 Å². The number of halogens is 3. The molecule has 1 fully saturated rings. The van der Waals surface area contributed by atoms with Gasteiger partial charge in [-0.3, -0.25) is 18.8 Å². The van der Waals surface area contributed by atoms with E-state index in [-0.39, 0.29) is 42.6 Å². The van der Waals surface area contributed by atoms with E-state index in [9.17, 15) is 27.9 Å². The van der Waals surface area contributed by atoms with Gasteiger partial charge in [-0.2, -0.15) is 10.1 Å². The topological polar surface area (TPSA) is 93.2 Å². The summed E-state index contributed by atoms with van der Waals surface area (Å²) in [4.78, 5) is 33.2. The molecular formula is C28H26F3N5O3. The SMILES string of the molecule is CCC(c1cc(F)cc(F)c1)n1c(-c2cnn(C)c2)nc(O)c(C(=O)N2CCC(c3ccccc3F)C2)c1=O. The lowest BCUT2D eigenvalue weighted by molar-refractivity contribution is 0.0783. The minimum Gasteiger partial charge on any atom is -0.493 e. The Bertz CT molecular complexity index is 1600. The largest absolute Gasteiger partial charge is 0.493 e. The van der Waals surface area contributed by atoms with Gasteiger partial charge in [0, 0.05) is 38.3 Å². The summed E-state index contributed by atoms with van der Waals surface area (Å²) in [7, 11) is 1.66. The number of aryl methyl sites for hydroxylation is 1. The highest BCUT2D eigenvalue weighted by Crippen LogP contribution is 2.32. The van der Waals surface area contributed by atoms with Crippen molar-refractivity contribution < 1.29 is 23.1 Å². The van der Waals surface area contributed by atoms with Crippen LogP contribution < -0.4 is 5.56 Å². The third-order valence-electron chi connectivity index (χ3n) is 7.06. The number of rotatable bonds is 6. The third kappa shape index (κ3) is 4.91. The smallest absolute Gasteiger partial charge is 0.271 e. The number of carbonyl (C=O) groups is 1. The molecule has 1 saturated heterocycles. The number of aromatic hydroxyl groups is 1. The molecule has 4 aromatic rings. The Morgan fingerprint density at radius 3 is 2.51 bits per heavy atom. The molecule has 0 bridgehead atoms. The van der Waals surface area contributed by atoms with E-state index >= 15 is 0 Å². The minimum absolute atomic E-state index is 0.00988. The van der Waals surface area contributed by atoms with Crippen molar-refractivity contribution in [2.75, 3.05) is 13.1 Å². The van der Waals surface area contributed by atoms with E-state index in [4.69, 9.17) is 0 Å². The normalized spacial score (nSPS) is 16.0. The van der Waals surface area contributed by atoms with Crippen LogP contribution in [0.4, 0.5) is 13.2 Å². The Hall–Kier alpha value is -4.41. The van der Waals surface area contributed by atoms with Crippen molar-refractivity contribution in [2.45, 2.75) is 31.7 Å². The Balaban J connectivity index is 1.61. The van der Waals surface area contributed by atoms with Crippen LogP contribution in [0.5, 0.6) is 5.88 Å². The van der Waals surface area contributed by atoms with E-state index in [0.29, 0.717) is 17.5 Å². The fourth-order valence-corrected chi connectivity index (χ4v) is 5.24. The highest BCUT2D eigenvalue weighted by molar-refractivity contribution is 5.96. The Kier molecular flexibility index (Phi) is 6.98. The Morgan fingerprint density at radius 2 is 1.87 bits per heavy atom. The monoisotopic (exact) mass is 537 g/mol. The molecule has 2 unspecified atom stereocenters. The number of likely N-dealkylation sites (tertiary alicyclic amines) is 1. The van der Waals surface area contributed by atoms with E-state index < -0.39 is 40.6 Å². The fraction of sp³-hybridized carbons (Fsp3) is 0.286. The summed E-state index contributed by atoms with van der Waals surface area (Å²) in [6, 6.07) is 8.36. The van der Waals surface area contributed by atoms with Crippen LogP contribution in [0, 0.1) is 17.5 Å². The van der Waals surface area contributed by atoms with Gasteiger partial charge in [-0.25, -0.2) is 13.2 Å². The standard InChI is InChI=1S/C28H26F3N5O3/c1-3-23(17-10-19(29)12-20(30)11-17)36-25(18-13-32-34(2)14-18)33-26(37)24(28(36)39)27(38)35-9-8-16(15-35)21-6-4-5-7-22(21)31/h4-7,10-14,16,23,37H,3,8-9,15H2,1-2H3. The first kappa shape index (κ1) is 26.2. The van der Waals surface area contributed by atoms with Gasteiger partial charge in [-0.15, -0.1) is 0 Å². The van der Waals surface area contributed by atoms with E-state index in [1.165, 1.54) is 26.4 Å². The zero-order chi connectivity index (χ0) is 27.8. The van der Waals surface area contributed by atoms with E-state index in [1.54, 1.807) is 38.4 Å². The number of aromatic nitrogens is 4. The summed E-state index contributed by atoms with van der Waals surface area (Å²) in [6.07, 6.45) is 3.69. The van der Waals surface area contributed by atoms with Crippen LogP contribution in [0.3, 0.4) is 0 Å². The zero-order valence-electron chi connectivity index (χ0n) is 21.3. The van der Waals surface area contributed by atoms with Crippen molar-refractivity contribution in [2.24, 2.45) is 7.05 Å². The fourth-order valence-electron chi connectivity index (χ4n) is 5.24. The second kappa shape index (κ2) is 10.4. The number of hydrogen-bond donors (Lipinski definition) is 1. The molecular weight excluding hydrogens is 511 g/mol. The molecule has 2 aromatic heterocycles. The van der Waals surface area contributed by atoms with Crippen LogP contribution in [0.2, 0.25) is 0 Å². The molecule has 0 aliphatic carbocycles. The van der Waals surface area contributed by atoms with Gasteiger partial charge in [0.1, 0.15) is 17.5 Å². The Morgan fingerprint density at radius 1 is 1.15 bits per heavy atom. The second-order valence-corrected chi connectivity index (χ2v) is 9.60. The molecule has 39 heavy (non-hydrogen) atoms. The zero-order valence-corrected chi connectivity index (χ0v) is 21.3. The lowest BCUT2D eigenvalue weighted by Crippen LogP contribution is -2.38. The molecule has 1 amide bonds. The summed E-state index contributed by atoms with van der Waals surface area (Å²) >= 11 is 0. The van der Waals surface area contributed by atoms with Crippen molar-refractivity contribution >= 4 is 5.91 Å². The van der Waals surface area contributed by atoms with Crippen molar-refractivity contribution in [3.05, 3.63) is 99.4 Å². The second-order valence-electron chi connectivity index (χ2n) is 9.60. The summed E-state index contributed by atoms with van der Waals surface area (Å²) in [5.74, 6) is -3.83.